The molecule has 0 bridgehead atoms. The van der Waals surface area contributed by atoms with Crippen molar-refractivity contribution in [1.82, 2.24) is 15.3 Å². The van der Waals surface area contributed by atoms with E-state index in [1.165, 1.54) is 0 Å². The van der Waals surface area contributed by atoms with E-state index in [2.05, 4.69) is 20.2 Å². The van der Waals surface area contributed by atoms with E-state index < -0.39 is 0 Å². The van der Waals surface area contributed by atoms with Crippen molar-refractivity contribution in [3.8, 4) is 5.75 Å². The Morgan fingerprint density at radius 3 is 2.89 bits per heavy atom. The standard InChI is InChI=1S/C21H21N5O2.4H2/c22-21-16(6-3-9-24-21)20(28)17-7-2-8-19(25-17)26-11-10-23-18(13-26)14-4-1-5-15(27)12-14;;;;/h1-9,12,18,23,27H,10-11,13H2,(H2,22,24);4*1H. The predicted octanol–water partition coefficient (Wildman–Crippen LogP) is 3.13. The fourth-order valence-corrected chi connectivity index (χ4v) is 3.40. The summed E-state index contributed by atoms with van der Waals surface area (Å²) >= 11 is 0. The number of rotatable bonds is 4. The van der Waals surface area contributed by atoms with E-state index in [1.54, 1.807) is 36.5 Å². The molecular weight excluding hydrogens is 354 g/mol. The number of carbonyl (C=O) groups is 1. The summed E-state index contributed by atoms with van der Waals surface area (Å²) in [5.41, 5.74) is 7.54. The lowest BCUT2D eigenvalue weighted by Gasteiger charge is -2.35. The zero-order valence-corrected chi connectivity index (χ0v) is 15.2. The van der Waals surface area contributed by atoms with Crippen LogP contribution in [0.5, 0.6) is 5.75 Å². The van der Waals surface area contributed by atoms with Gasteiger partial charge in [0, 0.05) is 31.5 Å². The number of nitrogens with zero attached hydrogens (tertiary/aromatic N) is 3. The maximum atomic E-state index is 12.8. The van der Waals surface area contributed by atoms with Crippen LogP contribution in [0.1, 0.15) is 33.4 Å². The largest absolute Gasteiger partial charge is 0.508 e. The summed E-state index contributed by atoms with van der Waals surface area (Å²) < 4.78 is 0. The Morgan fingerprint density at radius 2 is 2.07 bits per heavy atom. The first-order chi connectivity index (χ1) is 13.6. The number of anilines is 2. The maximum Gasteiger partial charge on any atom is 0.215 e. The summed E-state index contributed by atoms with van der Waals surface area (Å²) in [6.07, 6.45) is 1.55. The van der Waals surface area contributed by atoms with Crippen LogP contribution < -0.4 is 16.0 Å². The number of hydrogen-bond donors (Lipinski definition) is 3. The van der Waals surface area contributed by atoms with Crippen molar-refractivity contribution in [2.24, 2.45) is 0 Å². The number of phenols is 1. The van der Waals surface area contributed by atoms with Crippen LogP contribution in [0.2, 0.25) is 0 Å². The minimum Gasteiger partial charge on any atom is -0.508 e. The summed E-state index contributed by atoms with van der Waals surface area (Å²) in [6, 6.07) is 16.1. The van der Waals surface area contributed by atoms with Gasteiger partial charge in [-0.15, -0.1) is 0 Å². The lowest BCUT2D eigenvalue weighted by molar-refractivity contribution is 0.103. The highest BCUT2D eigenvalue weighted by molar-refractivity contribution is 6.10. The first kappa shape index (κ1) is 17.9. The first-order valence-corrected chi connectivity index (χ1v) is 9.11. The van der Waals surface area contributed by atoms with E-state index in [4.69, 9.17) is 5.73 Å². The Balaban J connectivity index is 0.00000240. The van der Waals surface area contributed by atoms with Gasteiger partial charge in [-0.05, 0) is 42.0 Å². The molecule has 1 atom stereocenters. The first-order valence-electron chi connectivity index (χ1n) is 9.11. The fraction of sp³-hybridized carbons (Fsp3) is 0.190. The summed E-state index contributed by atoms with van der Waals surface area (Å²) in [4.78, 5) is 23.5. The lowest BCUT2D eigenvalue weighted by atomic mass is 10.0. The minimum atomic E-state index is -0.243. The molecule has 150 valence electrons. The number of carbonyl (C=O) groups excluding carboxylic acids is 1. The van der Waals surface area contributed by atoms with Crippen LogP contribution in [0.25, 0.3) is 0 Å². The average Bonchev–Trinajstić information content (AvgIpc) is 2.74. The van der Waals surface area contributed by atoms with Gasteiger partial charge in [0.05, 0.1) is 11.6 Å². The van der Waals surface area contributed by atoms with Gasteiger partial charge in [0.1, 0.15) is 23.1 Å². The fourth-order valence-electron chi connectivity index (χ4n) is 3.40. The molecule has 0 amide bonds. The van der Waals surface area contributed by atoms with E-state index in [-0.39, 0.29) is 29.1 Å². The lowest BCUT2D eigenvalue weighted by Crippen LogP contribution is -2.46. The van der Waals surface area contributed by atoms with Crippen LogP contribution in [0.15, 0.2) is 60.8 Å². The van der Waals surface area contributed by atoms with Crippen LogP contribution in [0.3, 0.4) is 0 Å². The summed E-state index contributed by atoms with van der Waals surface area (Å²) in [5.74, 6) is 0.939. The molecule has 1 fully saturated rings. The molecule has 7 nitrogen and oxygen atoms in total. The van der Waals surface area contributed by atoms with E-state index in [0.29, 0.717) is 17.8 Å². The van der Waals surface area contributed by atoms with E-state index in [9.17, 15) is 9.90 Å². The molecule has 2 aromatic heterocycles. The number of pyridine rings is 2. The molecule has 7 heteroatoms. The zero-order chi connectivity index (χ0) is 19.5. The van der Waals surface area contributed by atoms with Crippen molar-refractivity contribution in [2.45, 2.75) is 6.04 Å². The number of aromatic hydroxyl groups is 1. The molecule has 3 heterocycles. The van der Waals surface area contributed by atoms with Gasteiger partial charge < -0.3 is 21.1 Å². The molecule has 0 saturated carbocycles. The Bertz CT molecular complexity index is 1020. The van der Waals surface area contributed by atoms with Gasteiger partial charge in [0.25, 0.3) is 0 Å². The van der Waals surface area contributed by atoms with Gasteiger partial charge in [-0.25, -0.2) is 9.97 Å². The van der Waals surface area contributed by atoms with Crippen LogP contribution in [-0.2, 0) is 0 Å². The van der Waals surface area contributed by atoms with Crippen LogP contribution in [0.4, 0.5) is 11.6 Å². The number of benzene rings is 1. The number of aromatic nitrogens is 2. The SMILES string of the molecule is Nc1ncccc1C(=O)c1cccc(N2CCNC(c3cccc(O)c3)C2)n1.[HH].[HH].[HH].[HH]. The predicted molar refractivity (Wildman–Crippen MR) is 116 cm³/mol. The second-order valence-electron chi connectivity index (χ2n) is 6.69. The minimum absolute atomic E-state index is 0. The smallest absolute Gasteiger partial charge is 0.215 e. The van der Waals surface area contributed by atoms with Gasteiger partial charge >= 0.3 is 0 Å². The normalized spacial score (nSPS) is 16.7. The third-order valence-corrected chi connectivity index (χ3v) is 4.82. The zero-order valence-electron chi connectivity index (χ0n) is 15.2. The number of nitrogens with two attached hydrogens (primary N) is 1. The van der Waals surface area contributed by atoms with Crippen LogP contribution in [0, 0.1) is 0 Å². The Kier molecular flexibility index (Phi) is 4.90. The quantitative estimate of drug-likeness (QED) is 0.595. The van der Waals surface area contributed by atoms with Crippen molar-refractivity contribution >= 4 is 17.4 Å². The molecule has 1 saturated heterocycles. The molecular formula is C21H29N5O2. The third kappa shape index (κ3) is 3.65. The van der Waals surface area contributed by atoms with E-state index >= 15 is 0 Å². The summed E-state index contributed by atoms with van der Waals surface area (Å²) in [6.45, 7) is 2.23. The van der Waals surface area contributed by atoms with Crippen molar-refractivity contribution < 1.29 is 15.6 Å². The second kappa shape index (κ2) is 7.66. The van der Waals surface area contributed by atoms with Crippen molar-refractivity contribution in [3.05, 3.63) is 77.6 Å². The molecule has 1 aromatic carbocycles. The molecule has 28 heavy (non-hydrogen) atoms. The Hall–Kier alpha value is -3.45. The molecule has 0 aliphatic carbocycles. The van der Waals surface area contributed by atoms with Gasteiger partial charge in [-0.1, -0.05) is 18.2 Å². The van der Waals surface area contributed by atoms with E-state index in [0.717, 1.165) is 24.5 Å². The van der Waals surface area contributed by atoms with Crippen molar-refractivity contribution in [1.29, 1.82) is 0 Å². The molecule has 1 aliphatic heterocycles. The van der Waals surface area contributed by atoms with Gasteiger partial charge in [-0.3, -0.25) is 4.79 Å². The molecule has 1 unspecified atom stereocenters. The van der Waals surface area contributed by atoms with Crippen LogP contribution in [-0.4, -0.2) is 40.5 Å². The molecule has 3 aromatic rings. The molecule has 0 spiro atoms. The average molecular weight is 383 g/mol. The van der Waals surface area contributed by atoms with Crippen LogP contribution >= 0.6 is 0 Å². The molecule has 0 radical (unpaired) electrons. The number of nitrogens with one attached hydrogen (secondary N) is 1. The van der Waals surface area contributed by atoms with Crippen molar-refractivity contribution in [2.75, 3.05) is 30.3 Å². The van der Waals surface area contributed by atoms with E-state index in [1.807, 2.05) is 24.3 Å². The number of piperazine rings is 1. The van der Waals surface area contributed by atoms with Gasteiger partial charge in [0.2, 0.25) is 5.78 Å². The number of ketones is 1. The third-order valence-electron chi connectivity index (χ3n) is 4.82. The second-order valence-corrected chi connectivity index (χ2v) is 6.69. The number of phenolic OH excluding ortho intramolecular Hbond substituents is 1. The van der Waals surface area contributed by atoms with Gasteiger partial charge in [-0.2, -0.15) is 0 Å². The maximum absolute atomic E-state index is 12.8. The molecule has 1 aliphatic rings. The van der Waals surface area contributed by atoms with Gasteiger partial charge in [0.15, 0.2) is 0 Å². The highest BCUT2D eigenvalue weighted by Crippen LogP contribution is 2.24. The molecule has 4 N–H and O–H groups in total. The topological polar surface area (TPSA) is 104 Å². The number of nitrogen functional groups attached to an aromatic ring is 1. The highest BCUT2D eigenvalue weighted by atomic mass is 16.3. The number of hydrogen-bond acceptors (Lipinski definition) is 7. The highest BCUT2D eigenvalue weighted by Gasteiger charge is 2.23. The van der Waals surface area contributed by atoms with Crippen molar-refractivity contribution in [3.63, 3.8) is 0 Å². The Labute approximate surface area is 168 Å². The summed E-state index contributed by atoms with van der Waals surface area (Å²) in [5, 5.41) is 13.2. The summed E-state index contributed by atoms with van der Waals surface area (Å²) in [7, 11) is 0. The Morgan fingerprint density at radius 1 is 1.21 bits per heavy atom. The molecule has 4 rings (SSSR count). The monoisotopic (exact) mass is 383 g/mol.